The van der Waals surface area contributed by atoms with Gasteiger partial charge in [-0.05, 0) is 17.7 Å². The van der Waals surface area contributed by atoms with Crippen molar-refractivity contribution in [1.82, 2.24) is 0 Å². The van der Waals surface area contributed by atoms with E-state index in [1.165, 1.54) is 18.2 Å². The van der Waals surface area contributed by atoms with Gasteiger partial charge in [-0.3, -0.25) is 4.79 Å². The van der Waals surface area contributed by atoms with E-state index in [1.54, 1.807) is 6.07 Å². The van der Waals surface area contributed by atoms with Crippen molar-refractivity contribution in [3.05, 3.63) is 48.3 Å². The first kappa shape index (κ1) is 29.4. The molecule has 8 atom stereocenters. The minimum absolute atomic E-state index is 0.00598. The summed E-state index contributed by atoms with van der Waals surface area (Å²) >= 11 is 0. The van der Waals surface area contributed by atoms with Gasteiger partial charge in [0.25, 0.3) is 0 Å². The number of rotatable bonds is 10. The maximum absolute atomic E-state index is 12.7. The fraction of sp³-hybridized carbons (Fsp3) is 0.520. The second kappa shape index (κ2) is 13.0. The molecule has 1 aromatic rings. The van der Waals surface area contributed by atoms with Crippen LogP contribution in [0.15, 0.2) is 42.7 Å². The van der Waals surface area contributed by atoms with Gasteiger partial charge in [-0.2, -0.15) is 0 Å². The molecule has 6 N–H and O–H groups in total. The van der Waals surface area contributed by atoms with Gasteiger partial charge in [0.15, 0.2) is 17.8 Å². The van der Waals surface area contributed by atoms with E-state index in [0.717, 1.165) is 13.4 Å². The van der Waals surface area contributed by atoms with E-state index in [2.05, 4.69) is 6.58 Å². The van der Waals surface area contributed by atoms with Gasteiger partial charge in [0.2, 0.25) is 6.29 Å². The summed E-state index contributed by atoms with van der Waals surface area (Å²) in [4.78, 5) is 25.1. The lowest BCUT2D eigenvalue weighted by Gasteiger charge is -2.42. The quantitative estimate of drug-likeness (QED) is 0.123. The van der Waals surface area contributed by atoms with Gasteiger partial charge in [0, 0.05) is 18.3 Å². The fourth-order valence-electron chi connectivity index (χ4n) is 4.23. The lowest BCUT2D eigenvalue weighted by Crippen LogP contribution is -2.60. The number of hydrogen-bond acceptors (Lipinski definition) is 13. The first-order valence-corrected chi connectivity index (χ1v) is 11.8. The van der Waals surface area contributed by atoms with Crippen LogP contribution in [0.5, 0.6) is 11.5 Å². The zero-order chi connectivity index (χ0) is 28.0. The van der Waals surface area contributed by atoms with Gasteiger partial charge >= 0.3 is 11.9 Å². The number of benzene rings is 1. The van der Waals surface area contributed by atoms with Crippen LogP contribution in [0.3, 0.4) is 0 Å². The third kappa shape index (κ3) is 6.62. The highest BCUT2D eigenvalue weighted by molar-refractivity contribution is 5.90. The molecule has 13 heteroatoms. The normalized spacial score (nSPS) is 31.0. The van der Waals surface area contributed by atoms with Crippen LogP contribution < -0.4 is 0 Å². The number of hydrogen-bond donors (Lipinski definition) is 6. The Balaban J connectivity index is 1.70. The maximum Gasteiger partial charge on any atom is 0.337 e. The molecule has 38 heavy (non-hydrogen) atoms. The molecule has 2 aliphatic heterocycles. The van der Waals surface area contributed by atoms with Crippen LogP contribution in [0.1, 0.15) is 12.0 Å². The van der Waals surface area contributed by atoms with Gasteiger partial charge in [0.05, 0.1) is 38.6 Å². The topological polar surface area (TPSA) is 202 Å². The molecule has 1 saturated heterocycles. The minimum atomic E-state index is -1.70. The maximum atomic E-state index is 12.7. The van der Waals surface area contributed by atoms with Crippen molar-refractivity contribution >= 4 is 11.9 Å². The largest absolute Gasteiger partial charge is 0.504 e. The molecule has 0 aromatic heterocycles. The highest BCUT2D eigenvalue weighted by atomic mass is 16.8. The average molecular weight is 541 g/mol. The molecule has 0 unspecified atom stereocenters. The Morgan fingerprint density at radius 2 is 1.82 bits per heavy atom. The highest BCUT2D eigenvalue weighted by Gasteiger charge is 2.47. The molecular weight excluding hydrogens is 508 g/mol. The monoisotopic (exact) mass is 540 g/mol. The van der Waals surface area contributed by atoms with Gasteiger partial charge < -0.3 is 54.3 Å². The van der Waals surface area contributed by atoms with Crippen molar-refractivity contribution < 1.29 is 63.9 Å². The van der Waals surface area contributed by atoms with Crippen LogP contribution in [0, 0.1) is 11.8 Å². The lowest BCUT2D eigenvalue weighted by atomic mass is 9.81. The summed E-state index contributed by atoms with van der Waals surface area (Å²) < 4.78 is 26.7. The molecule has 13 nitrogen and oxygen atoms in total. The van der Waals surface area contributed by atoms with Crippen molar-refractivity contribution in [2.75, 3.05) is 20.3 Å². The number of aliphatic hydroxyl groups is 4. The minimum Gasteiger partial charge on any atom is -0.504 e. The van der Waals surface area contributed by atoms with E-state index in [-0.39, 0.29) is 36.5 Å². The molecule has 0 aliphatic carbocycles. The Labute approximate surface area is 218 Å². The number of aliphatic hydroxyl groups excluding tert-OH is 4. The SMILES string of the molecule is C=C[C@H]1[C@H](O[C@H]2O[C@H](CO)[C@@H](O)[C@H](O)[C@H]2O)OC=C(C(=O)OC)[C@H]1CC(=O)OCCc1ccc(O)c(O)c1. The van der Waals surface area contributed by atoms with Crippen molar-refractivity contribution in [1.29, 1.82) is 0 Å². The zero-order valence-electron chi connectivity index (χ0n) is 20.6. The standard InChI is InChI=1S/C25H32O13/c1-3-13-14(9-19(29)35-7-6-12-4-5-16(27)17(28)8-12)15(23(33)34-2)11-36-24(13)38-25-22(32)21(31)20(30)18(10-26)37-25/h3-5,8,11,13-14,18,20-22,24-28,30-32H,1,6-7,9-10H2,2H3/t13-,14+,18-,20-,21+,22-,24+,25-/m1/s1. The number of ether oxygens (including phenoxy) is 5. The van der Waals surface area contributed by atoms with Gasteiger partial charge in [-0.15, -0.1) is 6.58 Å². The summed E-state index contributed by atoms with van der Waals surface area (Å²) in [5.41, 5.74) is 0.623. The van der Waals surface area contributed by atoms with Crippen LogP contribution in [0.2, 0.25) is 0 Å². The van der Waals surface area contributed by atoms with Crippen molar-refractivity contribution in [2.24, 2.45) is 11.8 Å². The van der Waals surface area contributed by atoms with Crippen LogP contribution in [0.25, 0.3) is 0 Å². The van der Waals surface area contributed by atoms with E-state index in [9.17, 15) is 40.2 Å². The van der Waals surface area contributed by atoms with Gasteiger partial charge in [-0.1, -0.05) is 12.1 Å². The smallest absolute Gasteiger partial charge is 0.337 e. The number of aromatic hydroxyl groups is 2. The van der Waals surface area contributed by atoms with Gasteiger partial charge in [0.1, 0.15) is 24.4 Å². The molecule has 0 spiro atoms. The molecule has 2 heterocycles. The van der Waals surface area contributed by atoms with E-state index in [1.807, 2.05) is 0 Å². The Kier molecular flexibility index (Phi) is 10.1. The molecule has 1 aromatic carbocycles. The van der Waals surface area contributed by atoms with Crippen molar-refractivity contribution in [2.45, 2.75) is 49.8 Å². The Bertz CT molecular complexity index is 1020. The number of methoxy groups -OCH3 is 1. The highest BCUT2D eigenvalue weighted by Crippen LogP contribution is 2.37. The average Bonchev–Trinajstić information content (AvgIpc) is 2.90. The van der Waals surface area contributed by atoms with Crippen molar-refractivity contribution in [3.8, 4) is 11.5 Å². The number of carbonyl (C=O) groups is 2. The number of esters is 2. The van der Waals surface area contributed by atoms with Crippen LogP contribution in [-0.4, -0.2) is 99.9 Å². The molecular formula is C25H32O13. The molecule has 0 bridgehead atoms. The number of phenolic OH excluding ortho intramolecular Hbond substituents is 2. The summed E-state index contributed by atoms with van der Waals surface area (Å²) in [6.45, 7) is 3.02. The fourth-order valence-corrected chi connectivity index (χ4v) is 4.23. The van der Waals surface area contributed by atoms with E-state index in [0.29, 0.717) is 5.56 Å². The van der Waals surface area contributed by atoms with E-state index < -0.39 is 67.4 Å². The van der Waals surface area contributed by atoms with Crippen LogP contribution >= 0.6 is 0 Å². The predicted molar refractivity (Wildman–Crippen MR) is 126 cm³/mol. The first-order valence-electron chi connectivity index (χ1n) is 11.8. The van der Waals surface area contributed by atoms with E-state index >= 15 is 0 Å². The van der Waals surface area contributed by atoms with Crippen molar-refractivity contribution in [3.63, 3.8) is 0 Å². The van der Waals surface area contributed by atoms with Gasteiger partial charge in [-0.25, -0.2) is 4.79 Å². The lowest BCUT2D eigenvalue weighted by molar-refractivity contribution is -0.339. The molecule has 2 aliphatic rings. The molecule has 0 amide bonds. The van der Waals surface area contributed by atoms with Crippen LogP contribution in [0.4, 0.5) is 0 Å². The third-order valence-electron chi connectivity index (χ3n) is 6.40. The summed E-state index contributed by atoms with van der Waals surface area (Å²) in [5, 5.41) is 58.7. The zero-order valence-corrected chi connectivity index (χ0v) is 20.6. The summed E-state index contributed by atoms with van der Waals surface area (Å²) in [6, 6.07) is 4.22. The third-order valence-corrected chi connectivity index (χ3v) is 6.40. The number of phenols is 2. The number of carbonyl (C=O) groups excluding carboxylic acids is 2. The summed E-state index contributed by atoms with van der Waals surface area (Å²) in [5.74, 6) is -3.75. The molecule has 0 saturated carbocycles. The molecule has 0 radical (unpaired) electrons. The summed E-state index contributed by atoms with van der Waals surface area (Å²) in [7, 11) is 1.16. The van der Waals surface area contributed by atoms with E-state index in [4.69, 9.17) is 23.7 Å². The second-order valence-corrected chi connectivity index (χ2v) is 8.82. The Morgan fingerprint density at radius 3 is 2.45 bits per heavy atom. The Hall–Kier alpha value is -3.20. The van der Waals surface area contributed by atoms with Crippen LogP contribution in [-0.2, 0) is 39.7 Å². The molecule has 210 valence electrons. The Morgan fingerprint density at radius 1 is 1.08 bits per heavy atom. The molecule has 3 rings (SSSR count). The summed E-state index contributed by atoms with van der Waals surface area (Å²) in [6.07, 6.45) is -6.59. The first-order chi connectivity index (χ1) is 18.1. The predicted octanol–water partition coefficient (Wildman–Crippen LogP) is -0.778. The molecule has 1 fully saturated rings. The second-order valence-electron chi connectivity index (χ2n) is 8.82.